The zero-order valence-electron chi connectivity index (χ0n) is 9.18. The molecule has 5 heteroatoms. The van der Waals surface area contributed by atoms with Gasteiger partial charge in [-0.1, -0.05) is 23.4 Å². The van der Waals surface area contributed by atoms with Gasteiger partial charge in [-0.25, -0.2) is 10.4 Å². The van der Waals surface area contributed by atoms with Gasteiger partial charge in [0, 0.05) is 0 Å². The first-order valence-corrected chi connectivity index (χ1v) is 5.00. The Morgan fingerprint density at radius 3 is 2.69 bits per heavy atom. The molecule has 2 rings (SSSR count). The molecule has 1 heterocycles. The van der Waals surface area contributed by atoms with E-state index in [0.29, 0.717) is 5.71 Å². The fourth-order valence-electron chi connectivity index (χ4n) is 1.60. The monoisotopic (exact) mass is 219 g/mol. The van der Waals surface area contributed by atoms with Gasteiger partial charge in [-0.3, -0.25) is 4.79 Å². The molecule has 84 valence electrons. The van der Waals surface area contributed by atoms with Crippen LogP contribution in [0.2, 0.25) is 0 Å². The van der Waals surface area contributed by atoms with Crippen LogP contribution in [-0.4, -0.2) is 24.8 Å². The Morgan fingerprint density at radius 1 is 1.38 bits per heavy atom. The predicted octanol–water partition coefficient (Wildman–Crippen LogP) is 0.929. The Bertz CT molecular complexity index is 416. The SMILES string of the molecule is CON=C1C(=O)N(c2ccccc2)NC1C. The minimum atomic E-state index is -0.180. The van der Waals surface area contributed by atoms with Crippen LogP contribution in [-0.2, 0) is 9.63 Å². The Kier molecular flexibility index (Phi) is 2.87. The molecule has 1 aliphatic rings. The zero-order chi connectivity index (χ0) is 11.5. The quantitative estimate of drug-likeness (QED) is 0.753. The number of hydrogen-bond acceptors (Lipinski definition) is 4. The van der Waals surface area contributed by atoms with Crippen LogP contribution in [0, 0.1) is 0 Å². The molecule has 1 saturated heterocycles. The number of carbonyl (C=O) groups excluding carboxylic acids is 1. The number of hydrogen-bond donors (Lipinski definition) is 1. The normalized spacial score (nSPS) is 22.9. The van der Waals surface area contributed by atoms with Gasteiger partial charge in [0.2, 0.25) is 0 Å². The maximum absolute atomic E-state index is 12.0. The van der Waals surface area contributed by atoms with Crippen LogP contribution in [0.15, 0.2) is 35.5 Å². The van der Waals surface area contributed by atoms with Gasteiger partial charge in [-0.2, -0.15) is 0 Å². The summed E-state index contributed by atoms with van der Waals surface area (Å²) in [7, 11) is 1.43. The highest BCUT2D eigenvalue weighted by molar-refractivity contribution is 6.47. The molecule has 1 fully saturated rings. The van der Waals surface area contributed by atoms with E-state index in [1.165, 1.54) is 12.1 Å². The summed E-state index contributed by atoms with van der Waals surface area (Å²) in [5.74, 6) is -0.180. The van der Waals surface area contributed by atoms with E-state index in [2.05, 4.69) is 15.4 Å². The number of amides is 1. The van der Waals surface area contributed by atoms with E-state index in [0.717, 1.165) is 5.69 Å². The van der Waals surface area contributed by atoms with E-state index in [1.54, 1.807) is 0 Å². The van der Waals surface area contributed by atoms with Crippen molar-refractivity contribution in [3.63, 3.8) is 0 Å². The van der Waals surface area contributed by atoms with Crippen LogP contribution in [0.1, 0.15) is 6.92 Å². The number of carbonyl (C=O) groups is 1. The van der Waals surface area contributed by atoms with Crippen molar-refractivity contribution in [2.75, 3.05) is 12.1 Å². The lowest BCUT2D eigenvalue weighted by Crippen LogP contribution is -2.36. The van der Waals surface area contributed by atoms with E-state index in [9.17, 15) is 4.79 Å². The topological polar surface area (TPSA) is 53.9 Å². The zero-order valence-corrected chi connectivity index (χ0v) is 9.18. The number of nitrogens with zero attached hydrogens (tertiary/aromatic N) is 2. The van der Waals surface area contributed by atoms with Crippen LogP contribution in [0.5, 0.6) is 0 Å². The molecule has 16 heavy (non-hydrogen) atoms. The maximum atomic E-state index is 12.0. The average Bonchev–Trinajstić information content (AvgIpc) is 2.59. The fourth-order valence-corrected chi connectivity index (χ4v) is 1.60. The summed E-state index contributed by atoms with van der Waals surface area (Å²) >= 11 is 0. The van der Waals surface area contributed by atoms with E-state index in [-0.39, 0.29) is 11.9 Å². The van der Waals surface area contributed by atoms with E-state index in [4.69, 9.17) is 0 Å². The highest BCUT2D eigenvalue weighted by atomic mass is 16.6. The lowest BCUT2D eigenvalue weighted by atomic mass is 10.2. The first-order valence-electron chi connectivity index (χ1n) is 5.00. The molecular weight excluding hydrogens is 206 g/mol. The van der Waals surface area contributed by atoms with Crippen molar-refractivity contribution in [1.82, 2.24) is 5.43 Å². The highest BCUT2D eigenvalue weighted by Crippen LogP contribution is 2.17. The standard InChI is InChI=1S/C11H13N3O2/c1-8-10(13-16-2)11(15)14(12-8)9-6-4-3-5-7-9/h3-8,12H,1-2H3. The molecule has 5 nitrogen and oxygen atoms in total. The summed E-state index contributed by atoms with van der Waals surface area (Å²) in [5, 5.41) is 5.20. The lowest BCUT2D eigenvalue weighted by Gasteiger charge is -2.15. The predicted molar refractivity (Wildman–Crippen MR) is 61.0 cm³/mol. The largest absolute Gasteiger partial charge is 0.399 e. The van der Waals surface area contributed by atoms with Gasteiger partial charge in [0.15, 0.2) is 5.71 Å². The molecule has 1 N–H and O–H groups in total. The molecule has 1 atom stereocenters. The summed E-state index contributed by atoms with van der Waals surface area (Å²) in [6.07, 6.45) is 0. The fraction of sp³-hybridized carbons (Fsp3) is 0.273. The van der Waals surface area contributed by atoms with Gasteiger partial charge in [0.1, 0.15) is 7.11 Å². The van der Waals surface area contributed by atoms with Gasteiger partial charge in [0.25, 0.3) is 5.91 Å². The summed E-state index contributed by atoms with van der Waals surface area (Å²) in [4.78, 5) is 16.6. The number of benzene rings is 1. The molecule has 1 aromatic rings. The summed E-state index contributed by atoms with van der Waals surface area (Å²) in [6, 6.07) is 9.21. The Hall–Kier alpha value is -1.88. The van der Waals surface area contributed by atoms with E-state index in [1.807, 2.05) is 37.3 Å². The van der Waals surface area contributed by atoms with Gasteiger partial charge in [-0.05, 0) is 19.1 Å². The van der Waals surface area contributed by atoms with Crippen molar-refractivity contribution in [2.24, 2.45) is 5.16 Å². The smallest absolute Gasteiger partial charge is 0.292 e. The number of para-hydroxylation sites is 1. The van der Waals surface area contributed by atoms with Crippen LogP contribution >= 0.6 is 0 Å². The minimum Gasteiger partial charge on any atom is -0.399 e. The molecule has 0 aromatic heterocycles. The molecule has 0 radical (unpaired) electrons. The second-order valence-corrected chi connectivity index (χ2v) is 3.49. The van der Waals surface area contributed by atoms with E-state index < -0.39 is 0 Å². The second-order valence-electron chi connectivity index (χ2n) is 3.49. The van der Waals surface area contributed by atoms with Crippen molar-refractivity contribution in [1.29, 1.82) is 0 Å². The molecular formula is C11H13N3O2. The number of anilines is 1. The molecule has 1 aliphatic heterocycles. The van der Waals surface area contributed by atoms with Crippen LogP contribution in [0.25, 0.3) is 0 Å². The first kappa shape index (κ1) is 10.6. The highest BCUT2D eigenvalue weighted by Gasteiger charge is 2.35. The van der Waals surface area contributed by atoms with Crippen LogP contribution in [0.3, 0.4) is 0 Å². The maximum Gasteiger partial charge on any atom is 0.292 e. The van der Waals surface area contributed by atoms with Crippen molar-refractivity contribution < 1.29 is 9.63 Å². The van der Waals surface area contributed by atoms with Crippen molar-refractivity contribution >= 4 is 17.3 Å². The third-order valence-corrected chi connectivity index (χ3v) is 2.36. The summed E-state index contributed by atoms with van der Waals surface area (Å²) in [6.45, 7) is 1.86. The molecule has 1 aromatic carbocycles. The molecule has 1 unspecified atom stereocenters. The number of nitrogens with one attached hydrogen (secondary N) is 1. The van der Waals surface area contributed by atoms with Crippen molar-refractivity contribution in [2.45, 2.75) is 13.0 Å². The lowest BCUT2D eigenvalue weighted by molar-refractivity contribution is -0.112. The van der Waals surface area contributed by atoms with Gasteiger partial charge in [0.05, 0.1) is 11.7 Å². The molecule has 0 spiro atoms. The van der Waals surface area contributed by atoms with Crippen LogP contribution < -0.4 is 10.4 Å². The second kappa shape index (κ2) is 4.32. The van der Waals surface area contributed by atoms with Gasteiger partial charge in [-0.15, -0.1) is 0 Å². The molecule has 1 amide bonds. The van der Waals surface area contributed by atoms with Gasteiger partial charge >= 0.3 is 0 Å². The molecule has 0 saturated carbocycles. The third-order valence-electron chi connectivity index (χ3n) is 2.36. The average molecular weight is 219 g/mol. The summed E-state index contributed by atoms with van der Waals surface area (Å²) in [5.41, 5.74) is 4.20. The number of hydrazine groups is 1. The first-order chi connectivity index (χ1) is 7.74. The Labute approximate surface area is 93.7 Å². The Balaban J connectivity index is 2.28. The van der Waals surface area contributed by atoms with Crippen molar-refractivity contribution in [3.8, 4) is 0 Å². The Morgan fingerprint density at radius 2 is 2.06 bits per heavy atom. The van der Waals surface area contributed by atoms with Crippen LogP contribution in [0.4, 0.5) is 5.69 Å². The minimum absolute atomic E-state index is 0.146. The van der Waals surface area contributed by atoms with E-state index >= 15 is 0 Å². The molecule has 0 aliphatic carbocycles. The number of oxime groups is 1. The number of rotatable bonds is 2. The summed E-state index contributed by atoms with van der Waals surface area (Å²) < 4.78 is 0. The van der Waals surface area contributed by atoms with Gasteiger partial charge < -0.3 is 4.84 Å². The van der Waals surface area contributed by atoms with Crippen molar-refractivity contribution in [3.05, 3.63) is 30.3 Å². The third kappa shape index (κ3) is 1.77. The molecule has 0 bridgehead atoms.